The zero-order valence-corrected chi connectivity index (χ0v) is 23.6. The van der Waals surface area contributed by atoms with Crippen molar-refractivity contribution in [2.24, 2.45) is 0 Å². The molecule has 0 radical (unpaired) electrons. The number of nitrogens with one attached hydrogen (secondary N) is 2. The highest BCUT2D eigenvalue weighted by Crippen LogP contribution is 2.34. The predicted molar refractivity (Wildman–Crippen MR) is 155 cm³/mol. The van der Waals surface area contributed by atoms with E-state index in [1.165, 1.54) is 25.3 Å². The molecule has 222 valence electrons. The largest absolute Gasteiger partial charge is 0.493 e. The van der Waals surface area contributed by atoms with Crippen LogP contribution in [0.5, 0.6) is 17.2 Å². The lowest BCUT2D eigenvalue weighted by molar-refractivity contribution is -0.121. The lowest BCUT2D eigenvalue weighted by Gasteiger charge is -2.21. The predicted octanol–water partition coefficient (Wildman–Crippen LogP) is 4.95. The van der Waals surface area contributed by atoms with Crippen molar-refractivity contribution in [1.82, 2.24) is 20.7 Å². The Morgan fingerprint density at radius 2 is 1.74 bits per heavy atom. The van der Waals surface area contributed by atoms with Gasteiger partial charge < -0.3 is 29.5 Å². The van der Waals surface area contributed by atoms with Gasteiger partial charge in [0.05, 0.1) is 7.11 Å². The molecule has 11 heteroatoms. The third-order valence-electron chi connectivity index (χ3n) is 6.98. The molecule has 0 saturated carbocycles. The zero-order chi connectivity index (χ0) is 30.2. The van der Waals surface area contributed by atoms with Crippen LogP contribution in [0.25, 0.3) is 11.3 Å². The number of carbonyl (C=O) groups is 3. The first-order valence-electron chi connectivity index (χ1n) is 13.9. The Morgan fingerprint density at radius 3 is 2.56 bits per heavy atom. The summed E-state index contributed by atoms with van der Waals surface area (Å²) in [5.41, 5.74) is 1.85. The highest BCUT2D eigenvalue weighted by molar-refractivity contribution is 5.95. The van der Waals surface area contributed by atoms with Crippen LogP contribution in [0.1, 0.15) is 45.7 Å². The van der Waals surface area contributed by atoms with Crippen LogP contribution in [0.15, 0.2) is 77.3 Å². The van der Waals surface area contributed by atoms with Gasteiger partial charge in [-0.3, -0.25) is 14.4 Å². The van der Waals surface area contributed by atoms with Gasteiger partial charge in [0.25, 0.3) is 11.8 Å². The molecule has 1 aromatic heterocycles. The monoisotopic (exact) mass is 586 g/mol. The van der Waals surface area contributed by atoms with Gasteiger partial charge in [0.1, 0.15) is 17.3 Å². The van der Waals surface area contributed by atoms with E-state index in [1.807, 2.05) is 30.3 Å². The summed E-state index contributed by atoms with van der Waals surface area (Å²) in [7, 11) is 1.44. The van der Waals surface area contributed by atoms with Crippen LogP contribution in [0.2, 0.25) is 0 Å². The van der Waals surface area contributed by atoms with Crippen LogP contribution in [0, 0.1) is 5.82 Å². The van der Waals surface area contributed by atoms with E-state index in [4.69, 9.17) is 14.0 Å². The number of nitrogens with zero attached hydrogens (tertiary/aromatic N) is 2. The molecule has 2 N–H and O–H groups in total. The average molecular weight is 587 g/mol. The minimum atomic E-state index is -0.544. The Kier molecular flexibility index (Phi) is 9.30. The molecule has 2 aliphatic heterocycles. The Labute approximate surface area is 247 Å². The number of halogens is 1. The van der Waals surface area contributed by atoms with Gasteiger partial charge in [-0.05, 0) is 43.2 Å². The molecular formula is C32H31FN4O6. The van der Waals surface area contributed by atoms with Crippen molar-refractivity contribution in [3.63, 3.8) is 0 Å². The number of hydrogen-bond donors (Lipinski definition) is 2. The van der Waals surface area contributed by atoms with Crippen molar-refractivity contribution in [1.29, 1.82) is 0 Å². The highest BCUT2D eigenvalue weighted by Gasteiger charge is 2.22. The van der Waals surface area contributed by atoms with Crippen LogP contribution >= 0.6 is 0 Å². The van der Waals surface area contributed by atoms with Gasteiger partial charge in [0, 0.05) is 55.4 Å². The molecule has 0 saturated heterocycles. The van der Waals surface area contributed by atoms with Gasteiger partial charge in [-0.1, -0.05) is 41.6 Å². The molecule has 4 aromatic rings. The summed E-state index contributed by atoms with van der Waals surface area (Å²) in [5.74, 6) is -0.712. The Morgan fingerprint density at radius 1 is 0.930 bits per heavy atom. The number of benzene rings is 3. The average Bonchev–Trinajstić information content (AvgIpc) is 3.52. The lowest BCUT2D eigenvalue weighted by Crippen LogP contribution is -2.35. The third kappa shape index (κ3) is 7.18. The van der Waals surface area contributed by atoms with Gasteiger partial charge in [0.15, 0.2) is 11.5 Å². The molecule has 2 aliphatic rings. The molecular weight excluding hydrogens is 555 g/mol. The van der Waals surface area contributed by atoms with Gasteiger partial charge >= 0.3 is 0 Å². The van der Waals surface area contributed by atoms with E-state index in [1.54, 1.807) is 29.2 Å². The number of hydrogen-bond acceptors (Lipinski definition) is 7. The molecule has 3 heterocycles. The standard InChI is InChI=1S/C32H31FN4O6/c1-41-28-18-22-13-14-27(28)42-26-11-5-10-24(33)23(26)20-35-30(38)12-6-16-37(17-7-15-34-31(22)39)32(40)29-19-25(36-43-29)21-8-3-2-4-9-21/h2-5,8-11,13-14,18-19H,6-7,12,15-17,20H2,1H3,(H,34,39)(H,35,38). The van der Waals surface area contributed by atoms with Crippen molar-refractivity contribution < 1.29 is 32.8 Å². The van der Waals surface area contributed by atoms with Crippen LogP contribution < -0.4 is 20.1 Å². The van der Waals surface area contributed by atoms with E-state index in [0.29, 0.717) is 37.2 Å². The number of ether oxygens (including phenoxy) is 2. The summed E-state index contributed by atoms with van der Waals surface area (Å²) in [5, 5.41) is 9.64. The summed E-state index contributed by atoms with van der Waals surface area (Å²) in [6.07, 6.45) is 0.910. The van der Waals surface area contributed by atoms with Crippen LogP contribution in [-0.4, -0.2) is 54.5 Å². The maximum Gasteiger partial charge on any atom is 0.292 e. The molecule has 0 atom stereocenters. The van der Waals surface area contributed by atoms with Crippen molar-refractivity contribution in [2.75, 3.05) is 26.7 Å². The van der Waals surface area contributed by atoms with Crippen LogP contribution in [0.3, 0.4) is 0 Å². The van der Waals surface area contributed by atoms with E-state index < -0.39 is 5.82 Å². The van der Waals surface area contributed by atoms with Crippen LogP contribution in [-0.2, 0) is 11.3 Å². The summed E-state index contributed by atoms with van der Waals surface area (Å²) in [4.78, 5) is 40.6. The SMILES string of the molecule is COc1cc2ccc1Oc1cccc(F)c1CNC(=O)CCCN(C(=O)c1cc(-c3ccccc3)no1)CCCNC2=O. The van der Waals surface area contributed by atoms with Gasteiger partial charge in [-0.2, -0.15) is 0 Å². The van der Waals surface area contributed by atoms with Crippen molar-refractivity contribution in [3.8, 4) is 28.5 Å². The molecule has 0 aliphatic carbocycles. The van der Waals surface area contributed by atoms with E-state index >= 15 is 0 Å². The molecule has 2 bridgehead atoms. The van der Waals surface area contributed by atoms with Gasteiger partial charge in [0.2, 0.25) is 11.7 Å². The Bertz CT molecular complexity index is 1610. The summed E-state index contributed by atoms with van der Waals surface area (Å²) in [6, 6.07) is 20.0. The number of carbonyl (C=O) groups excluding carboxylic acids is 3. The molecule has 10 nitrogen and oxygen atoms in total. The zero-order valence-electron chi connectivity index (χ0n) is 23.6. The first kappa shape index (κ1) is 29.3. The molecule has 43 heavy (non-hydrogen) atoms. The fraction of sp³-hybridized carbons (Fsp3) is 0.250. The molecule has 6 rings (SSSR count). The number of fused-ring (bicyclic) bond motifs is 13. The van der Waals surface area contributed by atoms with Crippen molar-refractivity contribution >= 4 is 17.7 Å². The molecule has 0 spiro atoms. The first-order chi connectivity index (χ1) is 20.9. The summed E-state index contributed by atoms with van der Waals surface area (Å²) in [6.45, 7) is 0.749. The minimum Gasteiger partial charge on any atom is -0.493 e. The Hall–Kier alpha value is -5.19. The van der Waals surface area contributed by atoms with Crippen molar-refractivity contribution in [3.05, 3.63) is 95.5 Å². The highest BCUT2D eigenvalue weighted by atomic mass is 19.1. The smallest absolute Gasteiger partial charge is 0.292 e. The van der Waals surface area contributed by atoms with E-state index in [-0.39, 0.29) is 65.8 Å². The quantitative estimate of drug-likeness (QED) is 0.348. The summed E-state index contributed by atoms with van der Waals surface area (Å²) < 4.78 is 31.6. The van der Waals surface area contributed by atoms with Crippen molar-refractivity contribution in [2.45, 2.75) is 25.8 Å². The molecule has 3 aromatic carbocycles. The number of rotatable bonds is 3. The van der Waals surface area contributed by atoms with Crippen LogP contribution in [0.4, 0.5) is 4.39 Å². The minimum absolute atomic E-state index is 0.0741. The first-order valence-corrected chi connectivity index (χ1v) is 13.9. The second-order valence-electron chi connectivity index (χ2n) is 9.91. The third-order valence-corrected chi connectivity index (χ3v) is 6.98. The van der Waals surface area contributed by atoms with E-state index in [2.05, 4.69) is 15.8 Å². The number of amides is 3. The summed E-state index contributed by atoms with van der Waals surface area (Å²) >= 11 is 0. The number of methoxy groups -OCH3 is 1. The van der Waals surface area contributed by atoms with E-state index in [0.717, 1.165) is 5.56 Å². The van der Waals surface area contributed by atoms with Gasteiger partial charge in [-0.25, -0.2) is 4.39 Å². The number of aromatic nitrogens is 1. The molecule has 3 amide bonds. The Balaban J connectivity index is 1.36. The van der Waals surface area contributed by atoms with Gasteiger partial charge in [-0.15, -0.1) is 0 Å². The molecule has 0 unspecified atom stereocenters. The topological polar surface area (TPSA) is 123 Å². The maximum atomic E-state index is 14.8. The fourth-order valence-corrected chi connectivity index (χ4v) is 4.69. The second-order valence-corrected chi connectivity index (χ2v) is 9.91. The maximum absolute atomic E-state index is 14.8. The normalized spacial score (nSPS) is 14.8. The fourth-order valence-electron chi connectivity index (χ4n) is 4.69. The molecule has 0 fully saturated rings. The van der Waals surface area contributed by atoms with E-state index in [9.17, 15) is 18.8 Å². The lowest BCUT2D eigenvalue weighted by atomic mass is 10.1. The second kappa shape index (κ2) is 13.6.